The first-order chi connectivity index (χ1) is 13.2. The highest BCUT2D eigenvalue weighted by Crippen LogP contribution is 2.26. The van der Waals surface area contributed by atoms with Crippen LogP contribution in [0, 0.1) is 11.3 Å². The van der Waals surface area contributed by atoms with Crippen molar-refractivity contribution in [1.29, 1.82) is 5.26 Å². The SMILES string of the molecule is N#Cc1ccc(CCC(=O)Nc2ccc3nc(-c4cccs4)[nH]c3c2)cc1. The van der Waals surface area contributed by atoms with E-state index in [1.807, 2.05) is 47.8 Å². The van der Waals surface area contributed by atoms with Crippen LogP contribution in [-0.4, -0.2) is 15.9 Å². The Bertz CT molecular complexity index is 1120. The highest BCUT2D eigenvalue weighted by atomic mass is 32.1. The minimum Gasteiger partial charge on any atom is -0.337 e. The van der Waals surface area contributed by atoms with Gasteiger partial charge in [0.2, 0.25) is 5.91 Å². The van der Waals surface area contributed by atoms with Gasteiger partial charge in [-0.05, 0) is 53.8 Å². The number of hydrogen-bond acceptors (Lipinski definition) is 4. The fourth-order valence-electron chi connectivity index (χ4n) is 2.84. The quantitative estimate of drug-likeness (QED) is 0.531. The number of anilines is 1. The van der Waals surface area contributed by atoms with Crippen LogP contribution in [0.4, 0.5) is 5.69 Å². The molecule has 0 radical (unpaired) electrons. The van der Waals surface area contributed by atoms with Crippen molar-refractivity contribution in [3.63, 3.8) is 0 Å². The molecule has 0 unspecified atom stereocenters. The molecule has 0 bridgehead atoms. The third-order valence-electron chi connectivity index (χ3n) is 4.24. The van der Waals surface area contributed by atoms with Crippen molar-refractivity contribution in [2.24, 2.45) is 0 Å². The second kappa shape index (κ2) is 7.44. The van der Waals surface area contributed by atoms with E-state index in [-0.39, 0.29) is 5.91 Å². The highest BCUT2D eigenvalue weighted by molar-refractivity contribution is 7.13. The topological polar surface area (TPSA) is 81.6 Å². The summed E-state index contributed by atoms with van der Waals surface area (Å²) < 4.78 is 0. The normalized spacial score (nSPS) is 10.6. The van der Waals surface area contributed by atoms with E-state index in [4.69, 9.17) is 5.26 Å². The molecule has 0 aliphatic carbocycles. The summed E-state index contributed by atoms with van der Waals surface area (Å²) in [6, 6.07) is 19.1. The molecule has 2 aromatic heterocycles. The van der Waals surface area contributed by atoms with Gasteiger partial charge in [0.1, 0.15) is 5.82 Å². The smallest absolute Gasteiger partial charge is 0.224 e. The summed E-state index contributed by atoms with van der Waals surface area (Å²) in [6.45, 7) is 0. The second-order valence-electron chi connectivity index (χ2n) is 6.15. The summed E-state index contributed by atoms with van der Waals surface area (Å²) in [5, 5.41) is 13.8. The average Bonchev–Trinajstić information content (AvgIpc) is 3.36. The van der Waals surface area contributed by atoms with Crippen LogP contribution in [0.3, 0.4) is 0 Å². The van der Waals surface area contributed by atoms with Crippen molar-refractivity contribution in [1.82, 2.24) is 9.97 Å². The van der Waals surface area contributed by atoms with Crippen molar-refractivity contribution in [3.8, 4) is 16.8 Å². The van der Waals surface area contributed by atoms with E-state index in [1.165, 1.54) is 0 Å². The van der Waals surface area contributed by atoms with Crippen LogP contribution in [0.5, 0.6) is 0 Å². The molecule has 27 heavy (non-hydrogen) atoms. The van der Waals surface area contributed by atoms with Gasteiger partial charge in [-0.2, -0.15) is 5.26 Å². The first-order valence-corrected chi connectivity index (χ1v) is 9.42. The molecule has 132 valence electrons. The van der Waals surface area contributed by atoms with Crippen molar-refractivity contribution >= 4 is 34.0 Å². The van der Waals surface area contributed by atoms with Crippen LogP contribution in [-0.2, 0) is 11.2 Å². The zero-order valence-corrected chi connectivity index (χ0v) is 15.2. The number of benzene rings is 2. The van der Waals surface area contributed by atoms with Gasteiger partial charge in [0.25, 0.3) is 0 Å². The number of aromatic amines is 1. The van der Waals surface area contributed by atoms with Gasteiger partial charge < -0.3 is 10.3 Å². The van der Waals surface area contributed by atoms with E-state index in [9.17, 15) is 4.79 Å². The number of nitrogens with one attached hydrogen (secondary N) is 2. The van der Waals surface area contributed by atoms with Crippen LogP contribution >= 0.6 is 11.3 Å². The fraction of sp³-hybridized carbons (Fsp3) is 0.0952. The maximum absolute atomic E-state index is 12.2. The molecule has 2 heterocycles. The maximum atomic E-state index is 12.2. The summed E-state index contributed by atoms with van der Waals surface area (Å²) in [4.78, 5) is 21.2. The minimum absolute atomic E-state index is 0.0447. The molecule has 4 aromatic rings. The number of amides is 1. The van der Waals surface area contributed by atoms with Crippen LogP contribution in [0.1, 0.15) is 17.5 Å². The first-order valence-electron chi connectivity index (χ1n) is 8.54. The number of H-pyrrole nitrogens is 1. The van der Waals surface area contributed by atoms with Gasteiger partial charge in [0.05, 0.1) is 27.5 Å². The Labute approximate surface area is 160 Å². The van der Waals surface area contributed by atoms with Crippen LogP contribution < -0.4 is 5.32 Å². The van der Waals surface area contributed by atoms with E-state index in [0.717, 1.165) is 33.0 Å². The lowest BCUT2D eigenvalue weighted by molar-refractivity contribution is -0.116. The molecule has 2 aromatic carbocycles. The predicted molar refractivity (Wildman–Crippen MR) is 108 cm³/mol. The van der Waals surface area contributed by atoms with Gasteiger partial charge in [-0.3, -0.25) is 4.79 Å². The van der Waals surface area contributed by atoms with Gasteiger partial charge in [0, 0.05) is 12.1 Å². The molecule has 6 heteroatoms. The lowest BCUT2D eigenvalue weighted by Crippen LogP contribution is -2.12. The number of aromatic nitrogens is 2. The zero-order valence-electron chi connectivity index (χ0n) is 14.4. The number of nitrogens with zero attached hydrogens (tertiary/aromatic N) is 2. The summed E-state index contributed by atoms with van der Waals surface area (Å²) in [5.74, 6) is 0.793. The summed E-state index contributed by atoms with van der Waals surface area (Å²) in [5.41, 5.74) is 4.16. The largest absolute Gasteiger partial charge is 0.337 e. The number of carbonyl (C=O) groups is 1. The summed E-state index contributed by atoms with van der Waals surface area (Å²) >= 11 is 1.63. The number of hydrogen-bond donors (Lipinski definition) is 2. The minimum atomic E-state index is -0.0447. The molecule has 0 saturated heterocycles. The number of nitriles is 1. The number of imidazole rings is 1. The molecule has 0 atom stereocenters. The van der Waals surface area contributed by atoms with E-state index < -0.39 is 0 Å². The lowest BCUT2D eigenvalue weighted by atomic mass is 10.1. The van der Waals surface area contributed by atoms with Crippen molar-refractivity contribution < 1.29 is 4.79 Å². The van der Waals surface area contributed by atoms with E-state index in [2.05, 4.69) is 21.4 Å². The number of thiophene rings is 1. The molecule has 0 aliphatic rings. The number of carbonyl (C=O) groups excluding carboxylic acids is 1. The van der Waals surface area contributed by atoms with E-state index >= 15 is 0 Å². The molecule has 0 fully saturated rings. The molecule has 0 saturated carbocycles. The molecule has 1 amide bonds. The summed E-state index contributed by atoms with van der Waals surface area (Å²) in [6.07, 6.45) is 1.01. The molecular formula is C21H16N4OS. The maximum Gasteiger partial charge on any atom is 0.224 e. The van der Waals surface area contributed by atoms with Gasteiger partial charge in [0.15, 0.2) is 0 Å². The monoisotopic (exact) mass is 372 g/mol. The molecule has 0 spiro atoms. The van der Waals surface area contributed by atoms with E-state index in [1.54, 1.807) is 23.5 Å². The Morgan fingerprint density at radius 3 is 2.78 bits per heavy atom. The molecule has 5 nitrogen and oxygen atoms in total. The Balaban J connectivity index is 1.41. The van der Waals surface area contributed by atoms with Gasteiger partial charge >= 0.3 is 0 Å². The third-order valence-corrected chi connectivity index (χ3v) is 5.12. The van der Waals surface area contributed by atoms with E-state index in [0.29, 0.717) is 18.4 Å². The molecule has 2 N–H and O–H groups in total. The standard InChI is InChI=1S/C21H16N4OS/c22-13-15-5-3-14(4-6-15)7-10-20(26)23-16-8-9-17-18(12-16)25-21(24-17)19-2-1-11-27-19/h1-6,8-9,11-12H,7,10H2,(H,23,26)(H,24,25). The zero-order chi connectivity index (χ0) is 18.6. The number of fused-ring (bicyclic) bond motifs is 1. The van der Waals surface area contributed by atoms with Crippen molar-refractivity contribution in [2.45, 2.75) is 12.8 Å². The first kappa shape index (κ1) is 17.0. The van der Waals surface area contributed by atoms with Crippen LogP contribution in [0.25, 0.3) is 21.7 Å². The Morgan fingerprint density at radius 1 is 1.19 bits per heavy atom. The van der Waals surface area contributed by atoms with Gasteiger partial charge in [-0.15, -0.1) is 11.3 Å². The van der Waals surface area contributed by atoms with Crippen LogP contribution in [0.15, 0.2) is 60.0 Å². The fourth-order valence-corrected chi connectivity index (χ4v) is 3.51. The van der Waals surface area contributed by atoms with Crippen LogP contribution in [0.2, 0.25) is 0 Å². The summed E-state index contributed by atoms with van der Waals surface area (Å²) in [7, 11) is 0. The number of aryl methyl sites for hydroxylation is 1. The molecule has 0 aliphatic heterocycles. The second-order valence-corrected chi connectivity index (χ2v) is 7.10. The number of rotatable bonds is 5. The van der Waals surface area contributed by atoms with Gasteiger partial charge in [-0.1, -0.05) is 18.2 Å². The van der Waals surface area contributed by atoms with Gasteiger partial charge in [-0.25, -0.2) is 4.98 Å². The van der Waals surface area contributed by atoms with Crippen molar-refractivity contribution in [2.75, 3.05) is 5.32 Å². The predicted octanol–water partition coefficient (Wildman–Crippen LogP) is 4.73. The third kappa shape index (κ3) is 3.89. The highest BCUT2D eigenvalue weighted by Gasteiger charge is 2.08. The molecular weight excluding hydrogens is 356 g/mol. The van der Waals surface area contributed by atoms with Crippen molar-refractivity contribution in [3.05, 3.63) is 71.1 Å². The Kier molecular flexibility index (Phi) is 4.69. The Hall–Kier alpha value is -3.43. The Morgan fingerprint density at radius 2 is 2.04 bits per heavy atom. The lowest BCUT2D eigenvalue weighted by Gasteiger charge is -2.05. The molecule has 4 rings (SSSR count). The average molecular weight is 372 g/mol.